The Labute approximate surface area is 145 Å². The summed E-state index contributed by atoms with van der Waals surface area (Å²) in [6.07, 6.45) is 3.78. The molecule has 0 radical (unpaired) electrons. The molecule has 1 aliphatic rings. The predicted molar refractivity (Wildman–Crippen MR) is 94.2 cm³/mol. The Morgan fingerprint density at radius 3 is 2.83 bits per heavy atom. The monoisotopic (exact) mass is 353 g/mol. The molecule has 2 aromatic rings. The van der Waals surface area contributed by atoms with Crippen molar-refractivity contribution in [3.63, 3.8) is 0 Å². The van der Waals surface area contributed by atoms with Crippen molar-refractivity contribution in [2.45, 2.75) is 31.5 Å². The van der Waals surface area contributed by atoms with Crippen LogP contribution in [-0.2, 0) is 16.0 Å². The van der Waals surface area contributed by atoms with E-state index >= 15 is 0 Å². The van der Waals surface area contributed by atoms with E-state index in [1.807, 2.05) is 24.4 Å². The number of benzene rings is 1. The number of carbonyl (C=O) groups is 1. The lowest BCUT2D eigenvalue weighted by Gasteiger charge is -2.11. The molecule has 7 heteroatoms. The van der Waals surface area contributed by atoms with Crippen LogP contribution in [-0.4, -0.2) is 29.6 Å². The molecule has 1 aromatic heterocycles. The molecule has 23 heavy (non-hydrogen) atoms. The minimum absolute atomic E-state index is 0. The quantitative estimate of drug-likeness (QED) is 0.866. The van der Waals surface area contributed by atoms with Crippen molar-refractivity contribution in [2.24, 2.45) is 5.73 Å². The van der Waals surface area contributed by atoms with Crippen LogP contribution in [0.1, 0.15) is 23.3 Å². The van der Waals surface area contributed by atoms with E-state index in [2.05, 4.69) is 22.4 Å². The second kappa shape index (κ2) is 8.40. The van der Waals surface area contributed by atoms with Crippen LogP contribution in [0.2, 0.25) is 0 Å². The summed E-state index contributed by atoms with van der Waals surface area (Å²) < 4.78 is 5.59. The molecule has 124 valence electrons. The highest BCUT2D eigenvalue weighted by Gasteiger charge is 2.30. The average Bonchev–Trinajstić information content (AvgIpc) is 3.17. The Morgan fingerprint density at radius 2 is 2.13 bits per heavy atom. The van der Waals surface area contributed by atoms with Gasteiger partial charge in [0.1, 0.15) is 6.10 Å². The number of aromatic nitrogens is 1. The summed E-state index contributed by atoms with van der Waals surface area (Å²) in [6, 6.07) is 10.2. The van der Waals surface area contributed by atoms with Gasteiger partial charge in [0.15, 0.2) is 5.13 Å². The fraction of sp³-hybridized carbons (Fsp3) is 0.375. The van der Waals surface area contributed by atoms with Crippen LogP contribution in [0.4, 0.5) is 5.13 Å². The summed E-state index contributed by atoms with van der Waals surface area (Å²) in [5, 5.41) is 3.46. The van der Waals surface area contributed by atoms with Crippen molar-refractivity contribution in [3.8, 4) is 0 Å². The number of hydrogen-bond acceptors (Lipinski definition) is 5. The number of amides is 1. The lowest BCUT2D eigenvalue weighted by Crippen LogP contribution is -2.29. The van der Waals surface area contributed by atoms with E-state index in [1.165, 1.54) is 16.9 Å². The topological polar surface area (TPSA) is 77.2 Å². The third-order valence-corrected chi connectivity index (χ3v) is 4.58. The highest BCUT2D eigenvalue weighted by Crippen LogP contribution is 2.24. The summed E-state index contributed by atoms with van der Waals surface area (Å²) in [6.45, 7) is 0.461. The lowest BCUT2D eigenvalue weighted by atomic mass is 10.1. The average molecular weight is 354 g/mol. The van der Waals surface area contributed by atoms with Gasteiger partial charge in [-0.3, -0.25) is 10.1 Å². The number of ether oxygens (including phenoxy) is 1. The van der Waals surface area contributed by atoms with E-state index in [0.29, 0.717) is 11.7 Å². The van der Waals surface area contributed by atoms with Gasteiger partial charge in [-0.1, -0.05) is 30.3 Å². The molecule has 3 N–H and O–H groups in total. The van der Waals surface area contributed by atoms with Gasteiger partial charge in [-0.25, -0.2) is 4.98 Å². The van der Waals surface area contributed by atoms with Crippen molar-refractivity contribution in [1.82, 2.24) is 4.98 Å². The van der Waals surface area contributed by atoms with Crippen molar-refractivity contribution >= 4 is 34.8 Å². The lowest BCUT2D eigenvalue weighted by molar-refractivity contribution is -0.126. The molecule has 1 saturated heterocycles. The van der Waals surface area contributed by atoms with Gasteiger partial charge in [0.25, 0.3) is 5.91 Å². The zero-order valence-electron chi connectivity index (χ0n) is 12.6. The van der Waals surface area contributed by atoms with Gasteiger partial charge in [0, 0.05) is 24.0 Å². The maximum atomic E-state index is 12.1. The number of anilines is 1. The Morgan fingerprint density at radius 1 is 1.35 bits per heavy atom. The minimum Gasteiger partial charge on any atom is -0.364 e. The Balaban J connectivity index is 0.00000192. The van der Waals surface area contributed by atoms with E-state index in [1.54, 1.807) is 0 Å². The summed E-state index contributed by atoms with van der Waals surface area (Å²) >= 11 is 1.50. The highest BCUT2D eigenvalue weighted by molar-refractivity contribution is 7.15. The summed E-state index contributed by atoms with van der Waals surface area (Å²) in [7, 11) is 0. The summed E-state index contributed by atoms with van der Waals surface area (Å²) in [4.78, 5) is 17.5. The summed E-state index contributed by atoms with van der Waals surface area (Å²) in [5.41, 5.74) is 6.79. The van der Waals surface area contributed by atoms with Crippen molar-refractivity contribution in [1.29, 1.82) is 0 Å². The molecule has 0 spiro atoms. The molecular formula is C16H20ClN3O2S. The molecule has 0 saturated carbocycles. The van der Waals surface area contributed by atoms with Gasteiger partial charge >= 0.3 is 0 Å². The molecule has 2 heterocycles. The maximum Gasteiger partial charge on any atom is 0.255 e. The first kappa shape index (κ1) is 17.9. The number of thiazole rings is 1. The molecule has 1 aliphatic heterocycles. The van der Waals surface area contributed by atoms with Gasteiger partial charge in [-0.05, 0) is 18.4 Å². The fourth-order valence-corrected chi connectivity index (χ4v) is 3.35. The van der Waals surface area contributed by atoms with E-state index < -0.39 is 6.10 Å². The molecule has 0 unspecified atom stereocenters. The molecule has 0 bridgehead atoms. The van der Waals surface area contributed by atoms with Gasteiger partial charge in [-0.2, -0.15) is 0 Å². The second-order valence-corrected chi connectivity index (χ2v) is 6.46. The molecule has 1 fully saturated rings. The first-order valence-corrected chi connectivity index (χ1v) is 8.21. The van der Waals surface area contributed by atoms with Crippen LogP contribution in [0.3, 0.4) is 0 Å². The van der Waals surface area contributed by atoms with E-state index in [0.717, 1.165) is 24.1 Å². The largest absolute Gasteiger partial charge is 0.364 e. The minimum atomic E-state index is -0.407. The van der Waals surface area contributed by atoms with Gasteiger partial charge in [-0.15, -0.1) is 23.7 Å². The third-order valence-electron chi connectivity index (χ3n) is 3.67. The van der Waals surface area contributed by atoms with Crippen LogP contribution in [0.15, 0.2) is 36.5 Å². The molecule has 1 amide bonds. The number of nitrogens with one attached hydrogen (secondary N) is 1. The van der Waals surface area contributed by atoms with Gasteiger partial charge < -0.3 is 10.5 Å². The van der Waals surface area contributed by atoms with Crippen LogP contribution in [0.25, 0.3) is 0 Å². The second-order valence-electron chi connectivity index (χ2n) is 5.34. The van der Waals surface area contributed by atoms with Crippen LogP contribution < -0.4 is 11.1 Å². The van der Waals surface area contributed by atoms with E-state index in [-0.39, 0.29) is 24.4 Å². The smallest absolute Gasteiger partial charge is 0.255 e. The van der Waals surface area contributed by atoms with Gasteiger partial charge in [0.2, 0.25) is 0 Å². The zero-order valence-corrected chi connectivity index (χ0v) is 14.2. The predicted octanol–water partition coefficient (Wildman–Crippen LogP) is 2.60. The molecule has 0 aliphatic carbocycles. The Kier molecular flexibility index (Phi) is 6.53. The number of nitrogens with zero attached hydrogens (tertiary/aromatic N) is 1. The van der Waals surface area contributed by atoms with E-state index in [9.17, 15) is 4.79 Å². The summed E-state index contributed by atoms with van der Waals surface area (Å²) in [5.74, 6) is -0.128. The standard InChI is InChI=1S/C16H19N3O2S.ClH/c17-9-12-6-7-14(21-12)15(20)19-16-18-10-13(22-16)8-11-4-2-1-3-5-11;/h1-5,10,12,14H,6-9,17H2,(H,18,19,20);1H/t12-,14+;/m1./s1. The zero-order chi connectivity index (χ0) is 15.4. The van der Waals surface area contributed by atoms with Crippen LogP contribution >= 0.6 is 23.7 Å². The number of rotatable bonds is 5. The molecule has 2 atom stereocenters. The van der Waals surface area contributed by atoms with Crippen LogP contribution in [0.5, 0.6) is 0 Å². The highest BCUT2D eigenvalue weighted by atomic mass is 35.5. The number of halogens is 1. The number of carbonyl (C=O) groups excluding carboxylic acids is 1. The fourth-order valence-electron chi connectivity index (χ4n) is 2.50. The Hall–Kier alpha value is -1.47. The van der Waals surface area contributed by atoms with Crippen LogP contribution in [0, 0.1) is 0 Å². The Bertz CT molecular complexity index is 635. The van der Waals surface area contributed by atoms with E-state index in [4.69, 9.17) is 10.5 Å². The first-order valence-electron chi connectivity index (χ1n) is 7.39. The number of nitrogens with two attached hydrogens (primary N) is 1. The third kappa shape index (κ3) is 4.75. The molecular weight excluding hydrogens is 334 g/mol. The molecule has 3 rings (SSSR count). The van der Waals surface area contributed by atoms with Crippen molar-refractivity contribution in [3.05, 3.63) is 47.0 Å². The van der Waals surface area contributed by atoms with Gasteiger partial charge in [0.05, 0.1) is 6.10 Å². The molecule has 1 aromatic carbocycles. The number of hydrogen-bond donors (Lipinski definition) is 2. The normalized spacial score (nSPS) is 20.0. The SMILES string of the molecule is Cl.NC[C@H]1CC[C@@H](C(=O)Nc2ncc(Cc3ccccc3)s2)O1. The molecule has 5 nitrogen and oxygen atoms in total. The van der Waals surface area contributed by atoms with Crippen molar-refractivity contribution in [2.75, 3.05) is 11.9 Å². The maximum absolute atomic E-state index is 12.1. The first-order chi connectivity index (χ1) is 10.7. The van der Waals surface area contributed by atoms with Crippen molar-refractivity contribution < 1.29 is 9.53 Å².